The van der Waals surface area contributed by atoms with Crippen molar-refractivity contribution in [3.63, 3.8) is 0 Å². The lowest BCUT2D eigenvalue weighted by Gasteiger charge is -2.11. The van der Waals surface area contributed by atoms with E-state index < -0.39 is 0 Å². The van der Waals surface area contributed by atoms with Crippen LogP contribution >= 0.6 is 0 Å². The summed E-state index contributed by atoms with van der Waals surface area (Å²) < 4.78 is 0. The number of likely N-dealkylation sites (N-methyl/N-ethyl adjacent to an activating group) is 1. The molecular weight excluding hydrogens is 266 g/mol. The molecule has 0 aliphatic rings. The third-order valence-corrected chi connectivity index (χ3v) is 2.96. The van der Waals surface area contributed by atoms with Gasteiger partial charge in [-0.1, -0.05) is 0 Å². The summed E-state index contributed by atoms with van der Waals surface area (Å²) in [5.41, 5.74) is 0.590. The lowest BCUT2D eigenvalue weighted by atomic mass is 10.2. The molecule has 0 aromatic carbocycles. The second-order valence-corrected chi connectivity index (χ2v) is 5.57. The molecule has 0 radical (unpaired) electrons. The molecule has 0 atom stereocenters. The van der Waals surface area contributed by atoms with Gasteiger partial charge in [0.1, 0.15) is 5.82 Å². The molecule has 1 heterocycles. The number of nitrogens with one attached hydrogen (secondary N) is 2. The Labute approximate surface area is 127 Å². The molecule has 0 saturated carbocycles. The standard InChI is InChI=1S/C15H27N5O/c1-19(2)10-5-8-16-14-7-6-13(12-18-14)15(21)17-9-11-20(3)4/h6-7,12H,5,8-11H2,1-4H3,(H,16,18)(H,17,21). The lowest BCUT2D eigenvalue weighted by Crippen LogP contribution is -2.31. The minimum absolute atomic E-state index is 0.0801. The number of carbonyl (C=O) groups excluding carboxylic acids is 1. The molecule has 0 aliphatic heterocycles. The number of hydrogen-bond donors (Lipinski definition) is 2. The number of nitrogens with zero attached hydrogens (tertiary/aromatic N) is 3. The van der Waals surface area contributed by atoms with Crippen LogP contribution in [0.15, 0.2) is 18.3 Å². The maximum Gasteiger partial charge on any atom is 0.252 e. The zero-order valence-electron chi connectivity index (χ0n) is 13.5. The number of anilines is 1. The Kier molecular flexibility index (Phi) is 7.71. The van der Waals surface area contributed by atoms with Gasteiger partial charge in [0.2, 0.25) is 0 Å². The average molecular weight is 293 g/mol. The van der Waals surface area contributed by atoms with Crippen LogP contribution in [0.2, 0.25) is 0 Å². The summed E-state index contributed by atoms with van der Waals surface area (Å²) in [6.07, 6.45) is 2.67. The molecule has 2 N–H and O–H groups in total. The fraction of sp³-hybridized carbons (Fsp3) is 0.600. The van der Waals surface area contributed by atoms with Gasteiger partial charge in [0.25, 0.3) is 5.91 Å². The van der Waals surface area contributed by atoms with Crippen molar-refractivity contribution >= 4 is 11.7 Å². The Hall–Kier alpha value is -1.66. The number of aromatic nitrogens is 1. The van der Waals surface area contributed by atoms with Crippen molar-refractivity contribution in [2.75, 3.05) is 59.7 Å². The van der Waals surface area contributed by atoms with E-state index in [9.17, 15) is 4.79 Å². The van der Waals surface area contributed by atoms with Gasteiger partial charge in [-0.3, -0.25) is 4.79 Å². The van der Waals surface area contributed by atoms with Crippen molar-refractivity contribution in [2.24, 2.45) is 0 Å². The Morgan fingerprint density at radius 2 is 1.81 bits per heavy atom. The van der Waals surface area contributed by atoms with E-state index in [1.54, 1.807) is 12.3 Å². The molecule has 0 saturated heterocycles. The van der Waals surface area contributed by atoms with Crippen molar-refractivity contribution in [2.45, 2.75) is 6.42 Å². The number of rotatable bonds is 9. The van der Waals surface area contributed by atoms with Crippen LogP contribution in [-0.4, -0.2) is 75.1 Å². The second kappa shape index (κ2) is 9.31. The van der Waals surface area contributed by atoms with E-state index in [1.165, 1.54) is 0 Å². The van der Waals surface area contributed by atoms with E-state index in [0.717, 1.165) is 31.9 Å². The van der Waals surface area contributed by atoms with Crippen LogP contribution < -0.4 is 10.6 Å². The van der Waals surface area contributed by atoms with Crippen LogP contribution in [-0.2, 0) is 0 Å². The van der Waals surface area contributed by atoms with E-state index in [0.29, 0.717) is 12.1 Å². The molecule has 6 nitrogen and oxygen atoms in total. The zero-order chi connectivity index (χ0) is 15.7. The molecule has 1 amide bonds. The molecule has 0 spiro atoms. The van der Waals surface area contributed by atoms with E-state index in [2.05, 4.69) is 34.6 Å². The zero-order valence-corrected chi connectivity index (χ0v) is 13.5. The lowest BCUT2D eigenvalue weighted by molar-refractivity contribution is 0.0950. The van der Waals surface area contributed by atoms with Crippen molar-refractivity contribution in [3.8, 4) is 0 Å². The Morgan fingerprint density at radius 1 is 1.10 bits per heavy atom. The summed E-state index contributed by atoms with van der Waals surface area (Å²) in [4.78, 5) is 20.3. The first-order valence-corrected chi connectivity index (χ1v) is 7.26. The van der Waals surface area contributed by atoms with Crippen LogP contribution in [0.25, 0.3) is 0 Å². The highest BCUT2D eigenvalue weighted by atomic mass is 16.1. The molecule has 1 rings (SSSR count). The van der Waals surface area contributed by atoms with Gasteiger partial charge >= 0.3 is 0 Å². The monoisotopic (exact) mass is 293 g/mol. The molecule has 0 unspecified atom stereocenters. The number of pyridine rings is 1. The summed E-state index contributed by atoms with van der Waals surface area (Å²) in [6, 6.07) is 3.64. The smallest absolute Gasteiger partial charge is 0.252 e. The van der Waals surface area contributed by atoms with Crippen molar-refractivity contribution < 1.29 is 4.79 Å². The molecule has 118 valence electrons. The Bertz CT molecular complexity index is 417. The van der Waals surface area contributed by atoms with Crippen LogP contribution in [0.1, 0.15) is 16.8 Å². The second-order valence-electron chi connectivity index (χ2n) is 5.57. The molecule has 1 aromatic rings. The van der Waals surface area contributed by atoms with E-state index in [-0.39, 0.29) is 5.91 Å². The van der Waals surface area contributed by atoms with Gasteiger partial charge in [0, 0.05) is 25.8 Å². The van der Waals surface area contributed by atoms with Gasteiger partial charge in [-0.15, -0.1) is 0 Å². The minimum atomic E-state index is -0.0801. The SMILES string of the molecule is CN(C)CCCNc1ccc(C(=O)NCCN(C)C)cn1. The highest BCUT2D eigenvalue weighted by molar-refractivity contribution is 5.94. The van der Waals surface area contributed by atoms with Gasteiger partial charge in [-0.05, 0) is 53.3 Å². The number of carbonyl (C=O) groups is 1. The first-order valence-electron chi connectivity index (χ1n) is 7.26. The molecule has 0 aliphatic carbocycles. The predicted molar refractivity (Wildman–Crippen MR) is 86.8 cm³/mol. The quantitative estimate of drug-likeness (QED) is 0.658. The summed E-state index contributed by atoms with van der Waals surface area (Å²) in [7, 11) is 8.07. The first-order chi connectivity index (χ1) is 9.99. The van der Waals surface area contributed by atoms with Crippen LogP contribution in [0.5, 0.6) is 0 Å². The van der Waals surface area contributed by atoms with Gasteiger partial charge < -0.3 is 20.4 Å². The van der Waals surface area contributed by atoms with Crippen LogP contribution in [0.4, 0.5) is 5.82 Å². The maximum absolute atomic E-state index is 11.9. The first kappa shape index (κ1) is 17.4. The van der Waals surface area contributed by atoms with E-state index in [1.807, 2.05) is 25.1 Å². The summed E-state index contributed by atoms with van der Waals surface area (Å²) in [5.74, 6) is 0.724. The van der Waals surface area contributed by atoms with Crippen molar-refractivity contribution in [3.05, 3.63) is 23.9 Å². The van der Waals surface area contributed by atoms with Gasteiger partial charge in [-0.2, -0.15) is 0 Å². The van der Waals surface area contributed by atoms with Crippen molar-refractivity contribution in [1.29, 1.82) is 0 Å². The molecule has 0 bridgehead atoms. The number of amides is 1. The number of hydrogen-bond acceptors (Lipinski definition) is 5. The molecule has 1 aromatic heterocycles. The molecule has 21 heavy (non-hydrogen) atoms. The van der Waals surface area contributed by atoms with Crippen LogP contribution in [0, 0.1) is 0 Å². The third-order valence-electron chi connectivity index (χ3n) is 2.96. The fourth-order valence-electron chi connectivity index (χ4n) is 1.74. The van der Waals surface area contributed by atoms with Gasteiger partial charge in [0.15, 0.2) is 0 Å². The Morgan fingerprint density at radius 3 is 2.38 bits per heavy atom. The molecule has 6 heteroatoms. The minimum Gasteiger partial charge on any atom is -0.370 e. The predicted octanol–water partition coefficient (Wildman–Crippen LogP) is 0.737. The molecular formula is C15H27N5O. The highest BCUT2D eigenvalue weighted by Crippen LogP contribution is 2.05. The van der Waals surface area contributed by atoms with Crippen LogP contribution in [0.3, 0.4) is 0 Å². The van der Waals surface area contributed by atoms with E-state index in [4.69, 9.17) is 0 Å². The van der Waals surface area contributed by atoms with Gasteiger partial charge in [-0.25, -0.2) is 4.98 Å². The Balaban J connectivity index is 2.34. The molecule has 0 fully saturated rings. The van der Waals surface area contributed by atoms with E-state index >= 15 is 0 Å². The normalized spacial score (nSPS) is 11.0. The third kappa shape index (κ3) is 7.63. The maximum atomic E-state index is 11.9. The summed E-state index contributed by atoms with van der Waals surface area (Å²) in [6.45, 7) is 3.37. The average Bonchev–Trinajstić information content (AvgIpc) is 2.43. The highest BCUT2D eigenvalue weighted by Gasteiger charge is 2.05. The summed E-state index contributed by atoms with van der Waals surface area (Å²) >= 11 is 0. The van der Waals surface area contributed by atoms with Crippen molar-refractivity contribution in [1.82, 2.24) is 20.1 Å². The topological polar surface area (TPSA) is 60.5 Å². The largest absolute Gasteiger partial charge is 0.370 e. The van der Waals surface area contributed by atoms with Gasteiger partial charge in [0.05, 0.1) is 5.56 Å². The summed E-state index contributed by atoms with van der Waals surface area (Å²) in [5, 5.41) is 6.12. The fourth-order valence-corrected chi connectivity index (χ4v) is 1.74.